The van der Waals surface area contributed by atoms with E-state index in [1.807, 2.05) is 22.7 Å². The molecule has 0 aliphatic rings. The minimum atomic E-state index is 1.10. The predicted octanol–water partition coefficient (Wildman–Crippen LogP) is 9.83. The van der Waals surface area contributed by atoms with Crippen LogP contribution in [0.2, 0.25) is 0 Å². The predicted molar refractivity (Wildman–Crippen MR) is 147 cm³/mol. The molecule has 5 aromatic carbocycles. The monoisotopic (exact) mass is 457 g/mol. The van der Waals surface area contributed by atoms with Crippen molar-refractivity contribution in [3.8, 4) is 11.1 Å². The molecule has 0 amide bonds. The van der Waals surface area contributed by atoms with Crippen molar-refractivity contribution in [1.29, 1.82) is 0 Å². The van der Waals surface area contributed by atoms with Crippen LogP contribution in [0.5, 0.6) is 0 Å². The van der Waals surface area contributed by atoms with Gasteiger partial charge in [-0.3, -0.25) is 0 Å². The van der Waals surface area contributed by atoms with Crippen LogP contribution < -0.4 is 5.32 Å². The molecule has 0 aliphatic heterocycles. The third kappa shape index (κ3) is 3.20. The number of fused-ring (bicyclic) bond motifs is 6. The molecule has 0 spiro atoms. The average Bonchev–Trinajstić information content (AvgIpc) is 3.42. The summed E-state index contributed by atoms with van der Waals surface area (Å²) in [6.07, 6.45) is 0. The van der Waals surface area contributed by atoms with Gasteiger partial charge in [-0.05, 0) is 59.7 Å². The van der Waals surface area contributed by atoms with Crippen molar-refractivity contribution in [3.63, 3.8) is 0 Å². The number of thiophene rings is 2. The van der Waals surface area contributed by atoms with Crippen LogP contribution in [0, 0.1) is 0 Å². The first kappa shape index (κ1) is 18.9. The van der Waals surface area contributed by atoms with E-state index in [0.717, 1.165) is 11.4 Å². The first-order valence-corrected chi connectivity index (χ1v) is 12.7. The second kappa shape index (κ2) is 7.45. The van der Waals surface area contributed by atoms with E-state index in [0.29, 0.717) is 0 Å². The Kier molecular flexibility index (Phi) is 4.26. The number of hydrogen-bond acceptors (Lipinski definition) is 3. The summed E-state index contributed by atoms with van der Waals surface area (Å²) in [4.78, 5) is 0. The van der Waals surface area contributed by atoms with Crippen molar-refractivity contribution in [2.24, 2.45) is 0 Å². The summed E-state index contributed by atoms with van der Waals surface area (Å²) in [6, 6.07) is 39.5. The standard InChI is InChI=1S/C30H19NS2/c1-3-7-27-23(5-1)25-15-14-22(18-30(25)33-27)31-21-12-9-19(10-13-21)20-11-16-29-26(17-20)24-6-2-4-8-28(24)32-29/h1-18,31H. The quantitative estimate of drug-likeness (QED) is 0.278. The lowest BCUT2D eigenvalue weighted by molar-refractivity contribution is 1.56. The minimum Gasteiger partial charge on any atom is -0.355 e. The Balaban J connectivity index is 1.20. The van der Waals surface area contributed by atoms with Gasteiger partial charge in [0.05, 0.1) is 0 Å². The lowest BCUT2D eigenvalue weighted by atomic mass is 10.0. The van der Waals surface area contributed by atoms with Crippen molar-refractivity contribution in [1.82, 2.24) is 0 Å². The van der Waals surface area contributed by atoms with Crippen LogP contribution in [-0.4, -0.2) is 0 Å². The Morgan fingerprint density at radius 2 is 0.970 bits per heavy atom. The maximum atomic E-state index is 3.58. The summed E-state index contributed by atoms with van der Waals surface area (Å²) in [5.41, 5.74) is 4.70. The van der Waals surface area contributed by atoms with Gasteiger partial charge in [0, 0.05) is 51.7 Å². The molecular formula is C30H19NS2. The highest BCUT2D eigenvalue weighted by Crippen LogP contribution is 2.37. The van der Waals surface area contributed by atoms with Crippen molar-refractivity contribution < 1.29 is 0 Å². The fourth-order valence-electron chi connectivity index (χ4n) is 4.62. The zero-order valence-corrected chi connectivity index (χ0v) is 19.3. The molecule has 3 heteroatoms. The van der Waals surface area contributed by atoms with Gasteiger partial charge in [0.1, 0.15) is 0 Å². The molecule has 2 heterocycles. The number of anilines is 2. The zero-order valence-electron chi connectivity index (χ0n) is 17.7. The molecule has 156 valence electrons. The highest BCUT2D eigenvalue weighted by Gasteiger charge is 2.08. The lowest BCUT2D eigenvalue weighted by Crippen LogP contribution is -1.89. The van der Waals surface area contributed by atoms with Crippen LogP contribution >= 0.6 is 22.7 Å². The van der Waals surface area contributed by atoms with E-state index in [1.54, 1.807) is 0 Å². The summed E-state index contributed by atoms with van der Waals surface area (Å²) in [5, 5.41) is 8.92. The van der Waals surface area contributed by atoms with Crippen molar-refractivity contribution in [3.05, 3.63) is 109 Å². The molecule has 0 radical (unpaired) electrons. The molecule has 2 aromatic heterocycles. The van der Waals surface area contributed by atoms with Gasteiger partial charge in [-0.15, -0.1) is 22.7 Å². The largest absolute Gasteiger partial charge is 0.355 e. The van der Waals surface area contributed by atoms with Crippen LogP contribution in [0.15, 0.2) is 109 Å². The number of hydrogen-bond donors (Lipinski definition) is 1. The molecule has 0 saturated heterocycles. The van der Waals surface area contributed by atoms with Crippen molar-refractivity contribution >= 4 is 74.4 Å². The molecule has 0 bridgehead atoms. The van der Waals surface area contributed by atoms with Gasteiger partial charge in [-0.2, -0.15) is 0 Å². The van der Waals surface area contributed by atoms with Crippen LogP contribution in [0.3, 0.4) is 0 Å². The minimum absolute atomic E-state index is 1.10. The summed E-state index contributed by atoms with van der Waals surface area (Å²) >= 11 is 3.71. The smallest absolute Gasteiger partial charge is 0.0398 e. The van der Waals surface area contributed by atoms with Gasteiger partial charge < -0.3 is 5.32 Å². The van der Waals surface area contributed by atoms with Gasteiger partial charge in [0.2, 0.25) is 0 Å². The maximum absolute atomic E-state index is 3.58. The second-order valence-corrected chi connectivity index (χ2v) is 10.5. The summed E-state index contributed by atoms with van der Waals surface area (Å²) in [6.45, 7) is 0. The SMILES string of the molecule is c1ccc2c(c1)sc1cc(Nc3ccc(-c4ccc5sc6ccccc6c5c4)cc3)ccc12. The molecule has 7 rings (SSSR count). The van der Waals surface area contributed by atoms with Gasteiger partial charge >= 0.3 is 0 Å². The second-order valence-electron chi connectivity index (χ2n) is 8.32. The van der Waals surface area contributed by atoms with E-state index < -0.39 is 0 Å². The molecule has 0 saturated carbocycles. The number of benzene rings is 5. The molecule has 1 nitrogen and oxygen atoms in total. The molecule has 0 unspecified atom stereocenters. The highest BCUT2D eigenvalue weighted by atomic mass is 32.1. The molecule has 7 aromatic rings. The molecule has 0 atom stereocenters. The Hall–Kier alpha value is -3.66. The van der Waals surface area contributed by atoms with Crippen molar-refractivity contribution in [2.45, 2.75) is 0 Å². The number of nitrogens with one attached hydrogen (secondary N) is 1. The van der Waals surface area contributed by atoms with Crippen LogP contribution in [0.1, 0.15) is 0 Å². The van der Waals surface area contributed by atoms with E-state index in [1.165, 1.54) is 51.5 Å². The Morgan fingerprint density at radius 1 is 0.394 bits per heavy atom. The third-order valence-electron chi connectivity index (χ3n) is 6.26. The summed E-state index contributed by atoms with van der Waals surface area (Å²) in [7, 11) is 0. The average molecular weight is 458 g/mol. The highest BCUT2D eigenvalue weighted by molar-refractivity contribution is 7.26. The summed E-state index contributed by atoms with van der Waals surface area (Å²) in [5.74, 6) is 0. The van der Waals surface area contributed by atoms with E-state index in [9.17, 15) is 0 Å². The van der Waals surface area contributed by atoms with E-state index in [4.69, 9.17) is 0 Å². The van der Waals surface area contributed by atoms with Gasteiger partial charge in [0.15, 0.2) is 0 Å². The van der Waals surface area contributed by atoms with Gasteiger partial charge in [-0.25, -0.2) is 0 Å². The van der Waals surface area contributed by atoms with Crippen LogP contribution in [0.4, 0.5) is 11.4 Å². The third-order valence-corrected chi connectivity index (χ3v) is 8.55. The first-order valence-electron chi connectivity index (χ1n) is 11.0. The lowest BCUT2D eigenvalue weighted by Gasteiger charge is -2.08. The molecule has 0 fully saturated rings. The topological polar surface area (TPSA) is 12.0 Å². The molecular weight excluding hydrogens is 438 g/mol. The van der Waals surface area contributed by atoms with Crippen LogP contribution in [-0.2, 0) is 0 Å². The summed E-state index contributed by atoms with van der Waals surface area (Å²) < 4.78 is 5.34. The normalized spacial score (nSPS) is 11.6. The van der Waals surface area contributed by atoms with Crippen molar-refractivity contribution in [2.75, 3.05) is 5.32 Å². The fraction of sp³-hybridized carbons (Fsp3) is 0. The molecule has 0 aliphatic carbocycles. The first-order chi connectivity index (χ1) is 16.3. The fourth-order valence-corrected chi connectivity index (χ4v) is 6.85. The Labute approximate surface area is 199 Å². The Bertz CT molecular complexity index is 1790. The van der Waals surface area contributed by atoms with E-state index in [2.05, 4.69) is 115 Å². The van der Waals surface area contributed by atoms with E-state index >= 15 is 0 Å². The Morgan fingerprint density at radius 3 is 1.76 bits per heavy atom. The van der Waals surface area contributed by atoms with Crippen LogP contribution in [0.25, 0.3) is 51.5 Å². The number of rotatable bonds is 3. The van der Waals surface area contributed by atoms with Gasteiger partial charge in [0.25, 0.3) is 0 Å². The molecule has 1 N–H and O–H groups in total. The molecule has 33 heavy (non-hydrogen) atoms. The zero-order chi connectivity index (χ0) is 21.8. The maximum Gasteiger partial charge on any atom is 0.0398 e. The van der Waals surface area contributed by atoms with Gasteiger partial charge in [-0.1, -0.05) is 60.7 Å². The van der Waals surface area contributed by atoms with E-state index in [-0.39, 0.29) is 0 Å².